The number of hydrogen-bond donors (Lipinski definition) is 0. The van der Waals surface area contributed by atoms with Gasteiger partial charge in [0.2, 0.25) is 0 Å². The largest absolute Gasteiger partial charge is 0.423 e. The molecular weight excluding hydrogens is 298 g/mol. The molecule has 6 heteroatoms. The summed E-state index contributed by atoms with van der Waals surface area (Å²) < 4.78 is 10.1. The van der Waals surface area contributed by atoms with E-state index >= 15 is 0 Å². The van der Waals surface area contributed by atoms with E-state index in [4.69, 9.17) is 9.47 Å². The number of allylic oxidation sites excluding steroid dienone is 1. The predicted octanol–water partition coefficient (Wildman–Crippen LogP) is 3.09. The molecule has 1 heterocycles. The summed E-state index contributed by atoms with van der Waals surface area (Å²) in [6, 6.07) is 1.42. The zero-order chi connectivity index (χ0) is 17.2. The zero-order valence-electron chi connectivity index (χ0n) is 13.6. The lowest BCUT2D eigenvalue weighted by atomic mass is 10.1. The highest BCUT2D eigenvalue weighted by Crippen LogP contribution is 2.31. The van der Waals surface area contributed by atoms with Gasteiger partial charge in [0.1, 0.15) is 5.69 Å². The van der Waals surface area contributed by atoms with E-state index in [1.54, 1.807) is 0 Å². The van der Waals surface area contributed by atoms with Crippen molar-refractivity contribution in [3.8, 4) is 11.5 Å². The second kappa shape index (κ2) is 9.50. The van der Waals surface area contributed by atoms with Crippen LogP contribution in [0, 0.1) is 0 Å². The first kappa shape index (κ1) is 18.5. The highest BCUT2D eigenvalue weighted by atomic mass is 16.6. The molecule has 0 aliphatic rings. The van der Waals surface area contributed by atoms with Crippen LogP contribution in [0.5, 0.6) is 11.5 Å². The molecule has 0 aliphatic heterocycles. The first-order chi connectivity index (χ1) is 10.9. The summed E-state index contributed by atoms with van der Waals surface area (Å²) in [5.74, 6) is -1.05. The third kappa shape index (κ3) is 6.86. The van der Waals surface area contributed by atoms with Crippen molar-refractivity contribution in [3.63, 3.8) is 0 Å². The Bertz CT molecular complexity index is 607. The van der Waals surface area contributed by atoms with Gasteiger partial charge in [-0.05, 0) is 18.6 Å². The van der Waals surface area contributed by atoms with Gasteiger partial charge in [0.15, 0.2) is 17.3 Å². The topological polar surface area (TPSA) is 82.6 Å². The minimum atomic E-state index is -0.574. The van der Waals surface area contributed by atoms with Gasteiger partial charge < -0.3 is 9.47 Å². The van der Waals surface area contributed by atoms with Crippen molar-refractivity contribution in [1.82, 2.24) is 4.98 Å². The summed E-state index contributed by atoms with van der Waals surface area (Å²) in [6.07, 6.45) is 7.58. The maximum atomic E-state index is 11.8. The summed E-state index contributed by atoms with van der Waals surface area (Å²) in [4.78, 5) is 38.2. The van der Waals surface area contributed by atoms with E-state index in [2.05, 4.69) is 11.9 Å². The van der Waals surface area contributed by atoms with Crippen molar-refractivity contribution < 1.29 is 23.9 Å². The standard InChI is InChI=1S/C17H21NO5/c1-4-5-6-7-14(21)8-9-15-17(23-13(3)20)16(10-11-18-15)22-12(2)19/h8-11H,4-7H2,1-3H3. The molecule has 0 N–H and O–H groups in total. The summed E-state index contributed by atoms with van der Waals surface area (Å²) in [6.45, 7) is 4.54. The third-order valence-corrected chi connectivity index (χ3v) is 2.85. The number of esters is 2. The van der Waals surface area contributed by atoms with Gasteiger partial charge in [-0.3, -0.25) is 19.4 Å². The Hall–Kier alpha value is -2.50. The molecule has 0 aromatic carbocycles. The molecule has 0 amide bonds. The number of pyridine rings is 1. The van der Waals surface area contributed by atoms with E-state index in [-0.39, 0.29) is 23.0 Å². The van der Waals surface area contributed by atoms with Crippen molar-refractivity contribution in [3.05, 3.63) is 24.0 Å². The third-order valence-electron chi connectivity index (χ3n) is 2.85. The molecule has 6 nitrogen and oxygen atoms in total. The quantitative estimate of drug-likeness (QED) is 0.416. The number of aromatic nitrogens is 1. The summed E-state index contributed by atoms with van der Waals surface area (Å²) in [7, 11) is 0. The zero-order valence-corrected chi connectivity index (χ0v) is 13.6. The van der Waals surface area contributed by atoms with Crippen LogP contribution in [0.3, 0.4) is 0 Å². The lowest BCUT2D eigenvalue weighted by Gasteiger charge is -2.10. The van der Waals surface area contributed by atoms with Crippen molar-refractivity contribution in [1.29, 1.82) is 0 Å². The highest BCUT2D eigenvalue weighted by Gasteiger charge is 2.15. The minimum Gasteiger partial charge on any atom is -0.423 e. The number of unbranched alkanes of at least 4 members (excludes halogenated alkanes) is 2. The molecule has 0 bridgehead atoms. The molecule has 0 aliphatic carbocycles. The Kier molecular flexibility index (Phi) is 7.66. The van der Waals surface area contributed by atoms with Crippen LogP contribution in [0.15, 0.2) is 18.3 Å². The van der Waals surface area contributed by atoms with Crippen molar-refractivity contribution >= 4 is 23.8 Å². The van der Waals surface area contributed by atoms with Crippen LogP contribution in [0.1, 0.15) is 52.1 Å². The Morgan fingerprint density at radius 2 is 1.83 bits per heavy atom. The van der Waals surface area contributed by atoms with Gasteiger partial charge in [0.25, 0.3) is 0 Å². The number of rotatable bonds is 8. The number of hydrogen-bond acceptors (Lipinski definition) is 6. The number of carbonyl (C=O) groups is 3. The molecule has 0 spiro atoms. The van der Waals surface area contributed by atoms with Gasteiger partial charge in [-0.25, -0.2) is 0 Å². The second-order valence-corrected chi connectivity index (χ2v) is 4.97. The fraction of sp³-hybridized carbons (Fsp3) is 0.412. The monoisotopic (exact) mass is 319 g/mol. The highest BCUT2D eigenvalue weighted by molar-refractivity contribution is 5.93. The summed E-state index contributed by atoms with van der Waals surface area (Å²) >= 11 is 0. The van der Waals surface area contributed by atoms with Crippen molar-refractivity contribution in [2.75, 3.05) is 0 Å². The van der Waals surface area contributed by atoms with E-state index < -0.39 is 11.9 Å². The Labute approximate surface area is 135 Å². The Morgan fingerprint density at radius 1 is 1.13 bits per heavy atom. The molecule has 1 aromatic rings. The van der Waals surface area contributed by atoms with Crippen LogP contribution in [0.25, 0.3) is 6.08 Å². The Morgan fingerprint density at radius 3 is 2.43 bits per heavy atom. The molecule has 1 aromatic heterocycles. The molecule has 0 radical (unpaired) electrons. The fourth-order valence-electron chi connectivity index (χ4n) is 1.85. The molecular formula is C17H21NO5. The molecule has 1 rings (SSSR count). The molecule has 0 fully saturated rings. The van der Waals surface area contributed by atoms with Crippen molar-refractivity contribution in [2.24, 2.45) is 0 Å². The molecule has 124 valence electrons. The van der Waals surface area contributed by atoms with Crippen LogP contribution in [-0.4, -0.2) is 22.7 Å². The van der Waals surface area contributed by atoms with Gasteiger partial charge in [-0.15, -0.1) is 0 Å². The smallest absolute Gasteiger partial charge is 0.308 e. The minimum absolute atomic E-state index is 0.0211. The molecule has 0 atom stereocenters. The summed E-state index contributed by atoms with van der Waals surface area (Å²) in [5, 5.41) is 0. The van der Waals surface area contributed by atoms with Gasteiger partial charge in [0.05, 0.1) is 0 Å². The lowest BCUT2D eigenvalue weighted by molar-refractivity contribution is -0.134. The number of ether oxygens (including phenoxy) is 2. The number of ketones is 1. The van der Waals surface area contributed by atoms with Gasteiger partial charge >= 0.3 is 11.9 Å². The maximum absolute atomic E-state index is 11.8. The molecule has 0 saturated carbocycles. The predicted molar refractivity (Wildman–Crippen MR) is 85.0 cm³/mol. The van der Waals surface area contributed by atoms with Gasteiger partial charge in [0, 0.05) is 32.5 Å². The maximum Gasteiger partial charge on any atom is 0.308 e. The Balaban J connectivity index is 2.97. The van der Waals surface area contributed by atoms with Crippen LogP contribution in [-0.2, 0) is 14.4 Å². The molecule has 0 unspecified atom stereocenters. The van der Waals surface area contributed by atoms with Crippen LogP contribution < -0.4 is 9.47 Å². The van der Waals surface area contributed by atoms with Crippen LogP contribution in [0.2, 0.25) is 0 Å². The molecule has 0 saturated heterocycles. The van der Waals surface area contributed by atoms with Gasteiger partial charge in [-0.1, -0.05) is 19.8 Å². The average Bonchev–Trinajstić information content (AvgIpc) is 2.47. The van der Waals surface area contributed by atoms with Crippen LogP contribution >= 0.6 is 0 Å². The summed E-state index contributed by atoms with van der Waals surface area (Å²) in [5.41, 5.74) is 0.253. The van der Waals surface area contributed by atoms with E-state index in [0.29, 0.717) is 6.42 Å². The van der Waals surface area contributed by atoms with E-state index in [9.17, 15) is 14.4 Å². The normalized spacial score (nSPS) is 10.6. The van der Waals surface area contributed by atoms with E-state index in [1.807, 2.05) is 0 Å². The van der Waals surface area contributed by atoms with Crippen LogP contribution in [0.4, 0.5) is 0 Å². The van der Waals surface area contributed by atoms with Crippen molar-refractivity contribution in [2.45, 2.75) is 46.5 Å². The molecule has 23 heavy (non-hydrogen) atoms. The first-order valence-electron chi connectivity index (χ1n) is 7.50. The second-order valence-electron chi connectivity index (χ2n) is 4.97. The first-order valence-corrected chi connectivity index (χ1v) is 7.50. The lowest BCUT2D eigenvalue weighted by Crippen LogP contribution is -2.09. The van der Waals surface area contributed by atoms with Gasteiger partial charge in [-0.2, -0.15) is 0 Å². The van der Waals surface area contributed by atoms with E-state index in [1.165, 1.54) is 38.3 Å². The van der Waals surface area contributed by atoms with E-state index in [0.717, 1.165) is 19.3 Å². The SMILES string of the molecule is CCCCCC(=O)C=Cc1nccc(OC(C)=O)c1OC(C)=O. The number of carbonyl (C=O) groups excluding carboxylic acids is 3. The number of nitrogens with zero attached hydrogens (tertiary/aromatic N) is 1. The fourth-order valence-corrected chi connectivity index (χ4v) is 1.85. The average molecular weight is 319 g/mol.